The average molecular weight is 834 g/mol. The second-order valence-corrected chi connectivity index (χ2v) is 19.1. The molecular weight excluding hydrogens is 791 g/mol. The summed E-state index contributed by atoms with van der Waals surface area (Å²) in [5, 5.41) is 2.59. The molecule has 0 atom stereocenters. The topological polar surface area (TPSA) is 3.24 Å². The van der Waals surface area contributed by atoms with E-state index in [1.165, 1.54) is 98.5 Å². The van der Waals surface area contributed by atoms with E-state index in [1.807, 2.05) is 11.8 Å². The molecule has 0 amide bonds. The SMILES string of the molecule is CC1(C)c2ccccc2-c2ccc(N(c3ccc(-c4ccccc4)cc3)c3ccc(-c4ccc5c(c4)C4(c6ccccc6Sc6ccccc64)c4c-5ccc5ccccc45)cc3)cc21. The lowest BCUT2D eigenvalue weighted by Crippen LogP contribution is -2.32. The molecule has 13 rings (SSSR count). The molecule has 10 aromatic carbocycles. The van der Waals surface area contributed by atoms with Crippen molar-refractivity contribution >= 4 is 39.6 Å². The number of anilines is 3. The Morgan fingerprint density at radius 3 is 1.56 bits per heavy atom. The molecule has 0 saturated carbocycles. The van der Waals surface area contributed by atoms with Gasteiger partial charge in [-0.15, -0.1) is 0 Å². The molecule has 0 bridgehead atoms. The second kappa shape index (κ2) is 14.1. The molecule has 0 N–H and O–H groups in total. The van der Waals surface area contributed by atoms with Crippen molar-refractivity contribution in [2.45, 2.75) is 34.5 Å². The molecule has 0 saturated heterocycles. The van der Waals surface area contributed by atoms with Crippen molar-refractivity contribution < 1.29 is 0 Å². The number of benzene rings is 10. The Morgan fingerprint density at radius 2 is 0.844 bits per heavy atom. The summed E-state index contributed by atoms with van der Waals surface area (Å²) < 4.78 is 0. The Labute approximate surface area is 379 Å². The van der Waals surface area contributed by atoms with Crippen LogP contribution in [0.4, 0.5) is 17.1 Å². The van der Waals surface area contributed by atoms with Gasteiger partial charge in [-0.1, -0.05) is 195 Å². The van der Waals surface area contributed by atoms with Crippen LogP contribution >= 0.6 is 11.8 Å². The van der Waals surface area contributed by atoms with Crippen LogP contribution in [0.3, 0.4) is 0 Å². The zero-order valence-corrected chi connectivity index (χ0v) is 36.5. The fourth-order valence-corrected chi connectivity index (χ4v) is 12.6. The van der Waals surface area contributed by atoms with Crippen molar-refractivity contribution in [2.75, 3.05) is 4.90 Å². The minimum atomic E-state index is -0.469. The summed E-state index contributed by atoms with van der Waals surface area (Å²) in [6.07, 6.45) is 0. The number of fused-ring (bicyclic) bond motifs is 14. The third-order valence-corrected chi connectivity index (χ3v) is 15.5. The van der Waals surface area contributed by atoms with Gasteiger partial charge in [0.05, 0.1) is 5.41 Å². The smallest absolute Gasteiger partial charge is 0.0741 e. The van der Waals surface area contributed by atoms with E-state index in [4.69, 9.17) is 0 Å². The predicted molar refractivity (Wildman–Crippen MR) is 268 cm³/mol. The van der Waals surface area contributed by atoms with E-state index < -0.39 is 5.41 Å². The van der Waals surface area contributed by atoms with Crippen molar-refractivity contribution in [3.8, 4) is 44.5 Å². The molecular formula is C62H43NS. The van der Waals surface area contributed by atoms with Gasteiger partial charge in [-0.05, 0) is 143 Å². The molecule has 0 fully saturated rings. The third-order valence-electron chi connectivity index (χ3n) is 14.3. The lowest BCUT2D eigenvalue weighted by Gasteiger charge is -2.40. The lowest BCUT2D eigenvalue weighted by atomic mass is 9.66. The Bertz CT molecular complexity index is 3440. The quantitative estimate of drug-likeness (QED) is 0.170. The number of hydrogen-bond donors (Lipinski definition) is 0. The lowest BCUT2D eigenvalue weighted by molar-refractivity contribution is 0.660. The molecule has 0 unspecified atom stereocenters. The fraction of sp³-hybridized carbons (Fsp3) is 0.0645. The molecule has 1 heterocycles. The van der Waals surface area contributed by atoms with Gasteiger partial charge in [-0.2, -0.15) is 0 Å². The average Bonchev–Trinajstić information content (AvgIpc) is 3.77. The minimum absolute atomic E-state index is 0.108. The molecule has 10 aromatic rings. The maximum atomic E-state index is 2.50. The van der Waals surface area contributed by atoms with Crippen LogP contribution in [-0.2, 0) is 10.8 Å². The monoisotopic (exact) mass is 833 g/mol. The van der Waals surface area contributed by atoms with Crippen LogP contribution in [0.15, 0.2) is 234 Å². The van der Waals surface area contributed by atoms with Crippen molar-refractivity contribution in [3.63, 3.8) is 0 Å². The molecule has 1 nitrogen and oxygen atoms in total. The van der Waals surface area contributed by atoms with E-state index in [0.717, 1.165) is 17.1 Å². The first-order valence-corrected chi connectivity index (χ1v) is 23.1. The van der Waals surface area contributed by atoms with Crippen LogP contribution in [-0.4, -0.2) is 0 Å². The van der Waals surface area contributed by atoms with Crippen LogP contribution in [0.1, 0.15) is 47.2 Å². The van der Waals surface area contributed by atoms with E-state index in [-0.39, 0.29) is 5.41 Å². The molecule has 2 aliphatic carbocycles. The normalized spacial score (nSPS) is 14.3. The zero-order chi connectivity index (χ0) is 42.6. The van der Waals surface area contributed by atoms with E-state index in [1.54, 1.807) is 0 Å². The van der Waals surface area contributed by atoms with Gasteiger partial charge < -0.3 is 4.90 Å². The molecule has 302 valence electrons. The standard InChI is InChI=1S/C62H43NS/c1-61(2)53-19-9-8-18-49(53)50-37-34-47(39-56(50)61)63(45-30-24-41(25-31-45)40-14-4-3-5-15-40)46-32-26-42(27-33-46)44-29-35-51-52-36-28-43-16-6-7-17-48(43)60(52)62(57(51)38-44)54-20-10-12-22-58(54)64-59-23-13-11-21-55(59)62/h3-39H,1-2H3. The summed E-state index contributed by atoms with van der Waals surface area (Å²) in [7, 11) is 0. The Balaban J connectivity index is 0.961. The molecule has 3 aliphatic rings. The highest BCUT2D eigenvalue weighted by Gasteiger charge is 2.51. The second-order valence-electron chi connectivity index (χ2n) is 18.0. The van der Waals surface area contributed by atoms with Crippen LogP contribution in [0.2, 0.25) is 0 Å². The van der Waals surface area contributed by atoms with E-state index in [0.29, 0.717) is 0 Å². The van der Waals surface area contributed by atoms with Gasteiger partial charge >= 0.3 is 0 Å². The summed E-state index contributed by atoms with van der Waals surface area (Å²) in [6.45, 7) is 4.72. The van der Waals surface area contributed by atoms with Crippen molar-refractivity contribution in [3.05, 3.63) is 258 Å². The summed E-state index contributed by atoms with van der Waals surface area (Å²) in [5.41, 5.74) is 21.1. The zero-order valence-electron chi connectivity index (χ0n) is 35.7. The highest BCUT2D eigenvalue weighted by atomic mass is 32.2. The van der Waals surface area contributed by atoms with Crippen molar-refractivity contribution in [1.82, 2.24) is 0 Å². The number of rotatable bonds is 5. The van der Waals surface area contributed by atoms with Crippen LogP contribution in [0.25, 0.3) is 55.3 Å². The summed E-state index contributed by atoms with van der Waals surface area (Å²) in [5.74, 6) is 0. The number of hydrogen-bond acceptors (Lipinski definition) is 2. The molecule has 0 radical (unpaired) electrons. The highest BCUT2D eigenvalue weighted by molar-refractivity contribution is 7.99. The maximum absolute atomic E-state index is 2.50. The predicted octanol–water partition coefficient (Wildman–Crippen LogP) is 16.8. The maximum Gasteiger partial charge on any atom is 0.0741 e. The van der Waals surface area contributed by atoms with Gasteiger partial charge in [-0.3, -0.25) is 0 Å². The summed E-state index contributed by atoms with van der Waals surface area (Å²) in [6, 6.07) is 83.9. The first kappa shape index (κ1) is 37.2. The van der Waals surface area contributed by atoms with Crippen molar-refractivity contribution in [1.29, 1.82) is 0 Å². The van der Waals surface area contributed by atoms with Gasteiger partial charge in [0.25, 0.3) is 0 Å². The van der Waals surface area contributed by atoms with Crippen LogP contribution < -0.4 is 4.90 Å². The number of nitrogens with zero attached hydrogens (tertiary/aromatic N) is 1. The highest BCUT2D eigenvalue weighted by Crippen LogP contribution is 2.64. The minimum Gasteiger partial charge on any atom is -0.310 e. The van der Waals surface area contributed by atoms with Gasteiger partial charge in [0.2, 0.25) is 0 Å². The van der Waals surface area contributed by atoms with E-state index in [9.17, 15) is 0 Å². The molecule has 0 aromatic heterocycles. The molecule has 1 spiro atoms. The molecule has 2 heteroatoms. The molecule has 1 aliphatic heterocycles. The first-order chi connectivity index (χ1) is 31.5. The Morgan fingerprint density at radius 1 is 0.344 bits per heavy atom. The Kier molecular flexibility index (Phi) is 8.17. The summed E-state index contributed by atoms with van der Waals surface area (Å²) in [4.78, 5) is 5.06. The van der Waals surface area contributed by atoms with Gasteiger partial charge in [-0.25, -0.2) is 0 Å². The van der Waals surface area contributed by atoms with Gasteiger partial charge in [0.1, 0.15) is 0 Å². The van der Waals surface area contributed by atoms with E-state index in [2.05, 4.69) is 243 Å². The third kappa shape index (κ3) is 5.33. The van der Waals surface area contributed by atoms with Crippen LogP contribution in [0.5, 0.6) is 0 Å². The van der Waals surface area contributed by atoms with E-state index >= 15 is 0 Å². The van der Waals surface area contributed by atoms with Crippen LogP contribution in [0, 0.1) is 0 Å². The first-order valence-electron chi connectivity index (χ1n) is 22.3. The van der Waals surface area contributed by atoms with Crippen molar-refractivity contribution in [2.24, 2.45) is 0 Å². The van der Waals surface area contributed by atoms with Gasteiger partial charge in [0, 0.05) is 32.3 Å². The summed E-state index contributed by atoms with van der Waals surface area (Å²) >= 11 is 1.90. The fourth-order valence-electron chi connectivity index (χ4n) is 11.4. The molecule has 64 heavy (non-hydrogen) atoms. The largest absolute Gasteiger partial charge is 0.310 e. The Hall–Kier alpha value is -7.39. The van der Waals surface area contributed by atoms with Gasteiger partial charge in [0.15, 0.2) is 0 Å².